The van der Waals surface area contributed by atoms with Gasteiger partial charge in [0.05, 0.1) is 18.8 Å². The van der Waals surface area contributed by atoms with Crippen molar-refractivity contribution in [2.24, 2.45) is 0 Å². The van der Waals surface area contributed by atoms with E-state index in [1.165, 1.54) is 5.56 Å². The smallest absolute Gasteiger partial charge is 0.323 e. The van der Waals surface area contributed by atoms with Gasteiger partial charge in [0.2, 0.25) is 0 Å². The van der Waals surface area contributed by atoms with Crippen molar-refractivity contribution in [2.45, 2.75) is 39.0 Å². The lowest BCUT2D eigenvalue weighted by Gasteiger charge is -2.26. The Bertz CT molecular complexity index is 1010. The second-order valence-electron chi connectivity index (χ2n) is 9.85. The van der Waals surface area contributed by atoms with E-state index in [9.17, 15) is 9.59 Å². The molecule has 3 amide bonds. The topological polar surface area (TPSA) is 85.9 Å². The van der Waals surface area contributed by atoms with E-state index >= 15 is 0 Å². The molecule has 0 radical (unpaired) electrons. The van der Waals surface area contributed by atoms with Crippen molar-refractivity contribution in [2.75, 3.05) is 68.0 Å². The highest BCUT2D eigenvalue weighted by atomic mass is 16.5. The number of benzene rings is 2. The van der Waals surface area contributed by atoms with Crippen LogP contribution in [-0.2, 0) is 4.74 Å². The Labute approximate surface area is 214 Å². The Morgan fingerprint density at radius 2 is 1.58 bits per heavy atom. The fraction of sp³-hybridized carbons (Fsp3) is 0.500. The molecule has 2 aliphatic heterocycles. The Balaban J connectivity index is 1.38. The number of nitrogens with zero attached hydrogens (tertiary/aromatic N) is 2. The van der Waals surface area contributed by atoms with E-state index < -0.39 is 0 Å². The second-order valence-corrected chi connectivity index (χ2v) is 9.85. The number of carbonyl (C=O) groups excluding carboxylic acids is 2. The van der Waals surface area contributed by atoms with Gasteiger partial charge in [-0.1, -0.05) is 26.0 Å². The molecule has 194 valence electrons. The summed E-state index contributed by atoms with van der Waals surface area (Å²) in [5.74, 6) is 0.332. The van der Waals surface area contributed by atoms with Crippen molar-refractivity contribution < 1.29 is 14.3 Å². The van der Waals surface area contributed by atoms with E-state index in [1.807, 2.05) is 36.4 Å². The summed E-state index contributed by atoms with van der Waals surface area (Å²) in [6, 6.07) is 13.1. The zero-order valence-electron chi connectivity index (χ0n) is 21.5. The molecule has 2 aromatic rings. The average molecular weight is 494 g/mol. The number of urea groups is 1. The van der Waals surface area contributed by atoms with Gasteiger partial charge in [0.15, 0.2) is 0 Å². The van der Waals surface area contributed by atoms with Crippen LogP contribution in [0.4, 0.5) is 21.9 Å². The van der Waals surface area contributed by atoms with Crippen molar-refractivity contribution in [3.05, 3.63) is 53.6 Å². The molecule has 8 nitrogen and oxygen atoms in total. The number of rotatable bonds is 9. The molecule has 0 aliphatic carbocycles. The second kappa shape index (κ2) is 12.7. The summed E-state index contributed by atoms with van der Waals surface area (Å²) in [6.07, 6.45) is 3.14. The summed E-state index contributed by atoms with van der Waals surface area (Å²) in [5, 5.41) is 8.84. The highest BCUT2D eigenvalue weighted by molar-refractivity contribution is 6.04. The molecule has 0 unspecified atom stereocenters. The maximum atomic E-state index is 13.2. The third-order valence-corrected chi connectivity index (χ3v) is 6.82. The molecule has 2 fully saturated rings. The highest BCUT2D eigenvalue weighted by Gasteiger charge is 2.20. The van der Waals surface area contributed by atoms with Crippen LogP contribution in [0.5, 0.6) is 0 Å². The SMILES string of the molecule is CC(C)c1ccc(NC(=O)Nc2ccc(N3CCCC3)c(C(=O)NCCCN3CCOCC3)c2)cc1. The Hall–Kier alpha value is -3.10. The predicted octanol–water partition coefficient (Wildman–Crippen LogP) is 4.51. The van der Waals surface area contributed by atoms with Crippen molar-refractivity contribution in [3.8, 4) is 0 Å². The third-order valence-electron chi connectivity index (χ3n) is 6.82. The zero-order chi connectivity index (χ0) is 25.3. The molecule has 2 aromatic carbocycles. The van der Waals surface area contributed by atoms with E-state index in [2.05, 4.69) is 39.6 Å². The van der Waals surface area contributed by atoms with Gasteiger partial charge < -0.3 is 25.6 Å². The predicted molar refractivity (Wildman–Crippen MR) is 145 cm³/mol. The first kappa shape index (κ1) is 26.0. The largest absolute Gasteiger partial charge is 0.379 e. The molecule has 0 spiro atoms. The fourth-order valence-corrected chi connectivity index (χ4v) is 4.70. The van der Waals surface area contributed by atoms with Gasteiger partial charge in [-0.2, -0.15) is 0 Å². The molecule has 8 heteroatoms. The van der Waals surface area contributed by atoms with E-state index in [4.69, 9.17) is 4.74 Å². The number of amides is 3. The van der Waals surface area contributed by atoms with Crippen LogP contribution in [0, 0.1) is 0 Å². The first-order chi connectivity index (χ1) is 17.5. The maximum Gasteiger partial charge on any atom is 0.323 e. The van der Waals surface area contributed by atoms with Gasteiger partial charge in [-0.15, -0.1) is 0 Å². The maximum absolute atomic E-state index is 13.2. The molecule has 0 aromatic heterocycles. The molecule has 2 aliphatic rings. The minimum atomic E-state index is -0.335. The van der Waals surface area contributed by atoms with Gasteiger partial charge in [0, 0.05) is 49.8 Å². The van der Waals surface area contributed by atoms with Crippen LogP contribution in [0.25, 0.3) is 0 Å². The summed E-state index contributed by atoms with van der Waals surface area (Å²) < 4.78 is 5.40. The Morgan fingerprint density at radius 1 is 0.917 bits per heavy atom. The van der Waals surface area contributed by atoms with Gasteiger partial charge in [-0.25, -0.2) is 4.79 Å². The van der Waals surface area contributed by atoms with Gasteiger partial charge >= 0.3 is 6.03 Å². The molecule has 0 atom stereocenters. The summed E-state index contributed by atoms with van der Waals surface area (Å²) in [5.41, 5.74) is 4.06. The Morgan fingerprint density at radius 3 is 2.28 bits per heavy atom. The van der Waals surface area contributed by atoms with Crippen molar-refractivity contribution in [3.63, 3.8) is 0 Å². The van der Waals surface area contributed by atoms with E-state index in [0.29, 0.717) is 23.7 Å². The number of nitrogens with one attached hydrogen (secondary N) is 3. The number of ether oxygens (including phenoxy) is 1. The Kier molecular flexibility index (Phi) is 9.19. The standard InChI is InChI=1S/C28H39N5O3/c1-21(2)22-6-8-23(9-7-22)30-28(35)31-24-10-11-26(33-14-3-4-15-33)25(20-24)27(34)29-12-5-13-32-16-18-36-19-17-32/h6-11,20-21H,3-5,12-19H2,1-2H3,(H,29,34)(H2,30,31,35). The monoisotopic (exact) mass is 493 g/mol. The molecular formula is C28H39N5O3. The fourth-order valence-electron chi connectivity index (χ4n) is 4.70. The van der Waals surface area contributed by atoms with Crippen LogP contribution < -0.4 is 20.9 Å². The van der Waals surface area contributed by atoms with Gasteiger partial charge in [-0.05, 0) is 67.6 Å². The van der Waals surface area contributed by atoms with Crippen molar-refractivity contribution in [1.29, 1.82) is 0 Å². The number of anilines is 3. The van der Waals surface area contributed by atoms with E-state index in [1.54, 1.807) is 6.07 Å². The molecule has 0 saturated carbocycles. The highest BCUT2D eigenvalue weighted by Crippen LogP contribution is 2.28. The molecule has 2 saturated heterocycles. The van der Waals surface area contributed by atoms with Gasteiger partial charge in [0.25, 0.3) is 5.91 Å². The lowest BCUT2D eigenvalue weighted by Crippen LogP contribution is -2.38. The average Bonchev–Trinajstić information content (AvgIpc) is 3.42. The van der Waals surface area contributed by atoms with Crippen LogP contribution in [0.2, 0.25) is 0 Å². The molecule has 0 bridgehead atoms. The molecule has 3 N–H and O–H groups in total. The molecule has 4 rings (SSSR count). The molecule has 36 heavy (non-hydrogen) atoms. The lowest BCUT2D eigenvalue weighted by molar-refractivity contribution is 0.0374. The minimum absolute atomic E-state index is 0.104. The summed E-state index contributed by atoms with van der Waals surface area (Å²) in [4.78, 5) is 30.4. The molecule has 2 heterocycles. The zero-order valence-corrected chi connectivity index (χ0v) is 21.5. The van der Waals surface area contributed by atoms with Gasteiger partial charge in [-0.3, -0.25) is 9.69 Å². The first-order valence-corrected chi connectivity index (χ1v) is 13.1. The summed E-state index contributed by atoms with van der Waals surface area (Å²) >= 11 is 0. The van der Waals surface area contributed by atoms with Crippen molar-refractivity contribution in [1.82, 2.24) is 10.2 Å². The van der Waals surface area contributed by atoms with Crippen LogP contribution in [0.1, 0.15) is 54.9 Å². The summed E-state index contributed by atoms with van der Waals surface area (Å²) in [7, 11) is 0. The summed E-state index contributed by atoms with van der Waals surface area (Å²) in [6.45, 7) is 11.2. The number of hydrogen-bond donors (Lipinski definition) is 3. The normalized spacial score (nSPS) is 16.2. The lowest BCUT2D eigenvalue weighted by atomic mass is 10.0. The van der Waals surface area contributed by atoms with Crippen LogP contribution in [0.15, 0.2) is 42.5 Å². The number of morpholine rings is 1. The van der Waals surface area contributed by atoms with Crippen LogP contribution >= 0.6 is 0 Å². The molecular weight excluding hydrogens is 454 g/mol. The number of carbonyl (C=O) groups is 2. The van der Waals surface area contributed by atoms with Gasteiger partial charge in [0.1, 0.15) is 0 Å². The minimum Gasteiger partial charge on any atom is -0.379 e. The van der Waals surface area contributed by atoms with E-state index in [0.717, 1.165) is 76.6 Å². The quantitative estimate of drug-likeness (QED) is 0.448. The van der Waals surface area contributed by atoms with Crippen LogP contribution in [0.3, 0.4) is 0 Å². The number of hydrogen-bond acceptors (Lipinski definition) is 5. The van der Waals surface area contributed by atoms with Crippen molar-refractivity contribution >= 4 is 29.0 Å². The van der Waals surface area contributed by atoms with Crippen LogP contribution in [-0.4, -0.2) is 69.3 Å². The first-order valence-electron chi connectivity index (χ1n) is 13.1. The third kappa shape index (κ3) is 7.21. The van der Waals surface area contributed by atoms with E-state index in [-0.39, 0.29) is 11.9 Å².